The van der Waals surface area contributed by atoms with E-state index in [0.29, 0.717) is 27.4 Å². The number of para-hydroxylation sites is 2. The standard InChI is InChI=1S/C23H20N4O4S2/c1-15-6-2-5-9-20(15)27-22(29)18-7-3-4-8-19(18)26-23(27)32-14-21(28)25-16-10-12-17(13-11-16)33(24,30)31/h2-13H,14H2,1H3,(H,25,28)(H2,24,30,31). The Hall–Kier alpha value is -3.47. The Kier molecular flexibility index (Phi) is 6.32. The minimum atomic E-state index is -3.81. The molecule has 168 valence electrons. The van der Waals surface area contributed by atoms with Crippen LogP contribution >= 0.6 is 11.8 Å². The average Bonchev–Trinajstić information content (AvgIpc) is 2.78. The Balaban J connectivity index is 1.62. The number of carbonyl (C=O) groups is 1. The van der Waals surface area contributed by atoms with Crippen LogP contribution in [0.2, 0.25) is 0 Å². The number of rotatable bonds is 6. The van der Waals surface area contributed by atoms with Gasteiger partial charge in [0.25, 0.3) is 5.56 Å². The fourth-order valence-corrected chi connectivity index (χ4v) is 4.61. The summed E-state index contributed by atoms with van der Waals surface area (Å²) in [7, 11) is -3.81. The van der Waals surface area contributed by atoms with Crippen LogP contribution in [0.5, 0.6) is 0 Å². The predicted molar refractivity (Wildman–Crippen MR) is 129 cm³/mol. The predicted octanol–water partition coefficient (Wildman–Crippen LogP) is 3.07. The number of aromatic nitrogens is 2. The largest absolute Gasteiger partial charge is 0.325 e. The molecular formula is C23H20N4O4S2. The maximum Gasteiger partial charge on any atom is 0.266 e. The number of thioether (sulfide) groups is 1. The van der Waals surface area contributed by atoms with Crippen LogP contribution in [0.4, 0.5) is 5.69 Å². The van der Waals surface area contributed by atoms with E-state index in [1.807, 2.05) is 31.2 Å². The molecule has 0 saturated heterocycles. The molecule has 0 spiro atoms. The van der Waals surface area contributed by atoms with Gasteiger partial charge in [0.2, 0.25) is 15.9 Å². The SMILES string of the molecule is Cc1ccccc1-n1c(SCC(=O)Nc2ccc(S(N)(=O)=O)cc2)nc2ccccc2c1=O. The minimum Gasteiger partial charge on any atom is -0.325 e. The Morgan fingerprint density at radius 2 is 1.70 bits per heavy atom. The highest BCUT2D eigenvalue weighted by atomic mass is 32.2. The number of fused-ring (bicyclic) bond motifs is 1. The lowest BCUT2D eigenvalue weighted by atomic mass is 10.2. The second kappa shape index (κ2) is 9.18. The summed E-state index contributed by atoms with van der Waals surface area (Å²) in [4.78, 5) is 30.4. The maximum atomic E-state index is 13.3. The summed E-state index contributed by atoms with van der Waals surface area (Å²) in [6.07, 6.45) is 0. The average molecular weight is 481 g/mol. The number of nitrogens with one attached hydrogen (secondary N) is 1. The zero-order valence-electron chi connectivity index (χ0n) is 17.6. The first kappa shape index (κ1) is 22.7. The molecule has 3 N–H and O–H groups in total. The lowest BCUT2D eigenvalue weighted by Gasteiger charge is -2.15. The summed E-state index contributed by atoms with van der Waals surface area (Å²) in [6.45, 7) is 1.91. The second-order valence-corrected chi connectivity index (χ2v) is 9.75. The molecule has 1 amide bonds. The molecule has 4 aromatic rings. The number of sulfonamides is 1. The van der Waals surface area contributed by atoms with Crippen LogP contribution < -0.4 is 16.0 Å². The van der Waals surface area contributed by atoms with E-state index < -0.39 is 10.0 Å². The van der Waals surface area contributed by atoms with Gasteiger partial charge in [-0.2, -0.15) is 0 Å². The van der Waals surface area contributed by atoms with Crippen molar-refractivity contribution in [2.24, 2.45) is 5.14 Å². The molecule has 8 nitrogen and oxygen atoms in total. The number of benzene rings is 3. The van der Waals surface area contributed by atoms with E-state index in [1.165, 1.54) is 28.8 Å². The molecule has 1 heterocycles. The Morgan fingerprint density at radius 3 is 2.39 bits per heavy atom. The van der Waals surface area contributed by atoms with Gasteiger partial charge in [0.15, 0.2) is 5.16 Å². The van der Waals surface area contributed by atoms with Crippen LogP contribution in [0, 0.1) is 6.92 Å². The van der Waals surface area contributed by atoms with Crippen LogP contribution in [-0.4, -0.2) is 29.6 Å². The quantitative estimate of drug-likeness (QED) is 0.323. The highest BCUT2D eigenvalue weighted by molar-refractivity contribution is 7.99. The first-order chi connectivity index (χ1) is 15.7. The monoisotopic (exact) mass is 480 g/mol. The molecule has 33 heavy (non-hydrogen) atoms. The van der Waals surface area contributed by atoms with Crippen molar-refractivity contribution in [3.05, 3.63) is 88.7 Å². The number of hydrogen-bond acceptors (Lipinski definition) is 6. The summed E-state index contributed by atoms with van der Waals surface area (Å²) in [6, 6.07) is 20.1. The van der Waals surface area contributed by atoms with Gasteiger partial charge in [0, 0.05) is 5.69 Å². The van der Waals surface area contributed by atoms with Crippen molar-refractivity contribution in [2.75, 3.05) is 11.1 Å². The minimum absolute atomic E-state index is 0.00635. The second-order valence-electron chi connectivity index (χ2n) is 7.24. The number of anilines is 1. The molecule has 0 saturated carbocycles. The molecule has 0 fully saturated rings. The molecule has 0 aliphatic rings. The first-order valence-electron chi connectivity index (χ1n) is 9.87. The molecule has 0 aliphatic carbocycles. The molecule has 0 bridgehead atoms. The molecule has 0 atom stereocenters. The summed E-state index contributed by atoms with van der Waals surface area (Å²) < 4.78 is 24.3. The topological polar surface area (TPSA) is 124 Å². The van der Waals surface area contributed by atoms with Crippen molar-refractivity contribution in [3.8, 4) is 5.69 Å². The third-order valence-electron chi connectivity index (χ3n) is 4.90. The summed E-state index contributed by atoms with van der Waals surface area (Å²) in [5, 5.41) is 8.68. The third-order valence-corrected chi connectivity index (χ3v) is 6.77. The van der Waals surface area contributed by atoms with Crippen molar-refractivity contribution in [1.29, 1.82) is 0 Å². The first-order valence-corrected chi connectivity index (χ1v) is 12.4. The van der Waals surface area contributed by atoms with Crippen molar-refractivity contribution in [2.45, 2.75) is 17.0 Å². The number of primary sulfonamides is 1. The highest BCUT2D eigenvalue weighted by Crippen LogP contribution is 2.23. The number of nitrogens with zero attached hydrogens (tertiary/aromatic N) is 2. The van der Waals surface area contributed by atoms with E-state index in [-0.39, 0.29) is 22.1 Å². The highest BCUT2D eigenvalue weighted by Gasteiger charge is 2.16. The van der Waals surface area contributed by atoms with Gasteiger partial charge in [-0.25, -0.2) is 18.5 Å². The van der Waals surface area contributed by atoms with Gasteiger partial charge in [-0.15, -0.1) is 0 Å². The van der Waals surface area contributed by atoms with E-state index in [0.717, 1.165) is 17.3 Å². The number of nitrogens with two attached hydrogens (primary N) is 1. The fraction of sp³-hybridized carbons (Fsp3) is 0.0870. The van der Waals surface area contributed by atoms with Gasteiger partial charge in [-0.1, -0.05) is 42.1 Å². The van der Waals surface area contributed by atoms with Gasteiger partial charge in [0.05, 0.1) is 27.2 Å². The van der Waals surface area contributed by atoms with Crippen LogP contribution in [0.25, 0.3) is 16.6 Å². The molecular weight excluding hydrogens is 460 g/mol. The Bertz CT molecular complexity index is 1510. The molecule has 10 heteroatoms. The normalized spacial score (nSPS) is 11.5. The van der Waals surface area contributed by atoms with E-state index in [9.17, 15) is 18.0 Å². The number of carbonyl (C=O) groups excluding carboxylic acids is 1. The van der Waals surface area contributed by atoms with Crippen LogP contribution in [0.3, 0.4) is 0 Å². The van der Waals surface area contributed by atoms with Crippen molar-refractivity contribution in [1.82, 2.24) is 9.55 Å². The summed E-state index contributed by atoms with van der Waals surface area (Å²) >= 11 is 1.14. The van der Waals surface area contributed by atoms with Gasteiger partial charge in [0.1, 0.15) is 0 Å². The van der Waals surface area contributed by atoms with Gasteiger partial charge in [-0.3, -0.25) is 14.2 Å². The van der Waals surface area contributed by atoms with Crippen LogP contribution in [0.15, 0.2) is 87.6 Å². The van der Waals surface area contributed by atoms with Crippen molar-refractivity contribution >= 4 is 44.3 Å². The van der Waals surface area contributed by atoms with Crippen molar-refractivity contribution in [3.63, 3.8) is 0 Å². The van der Waals surface area contributed by atoms with Crippen molar-refractivity contribution < 1.29 is 13.2 Å². The zero-order chi connectivity index (χ0) is 23.6. The van der Waals surface area contributed by atoms with E-state index in [4.69, 9.17) is 5.14 Å². The number of hydrogen-bond donors (Lipinski definition) is 2. The van der Waals surface area contributed by atoms with E-state index >= 15 is 0 Å². The molecule has 0 aliphatic heterocycles. The molecule has 0 radical (unpaired) electrons. The third kappa shape index (κ3) is 4.98. The molecule has 1 aromatic heterocycles. The van der Waals surface area contributed by atoms with Crippen LogP contribution in [0.1, 0.15) is 5.56 Å². The summed E-state index contributed by atoms with van der Waals surface area (Å²) in [5.41, 5.74) is 2.36. The summed E-state index contributed by atoms with van der Waals surface area (Å²) in [5.74, 6) is -0.338. The maximum absolute atomic E-state index is 13.3. The lowest BCUT2D eigenvalue weighted by molar-refractivity contribution is -0.113. The molecule has 0 unspecified atom stereocenters. The molecule has 4 rings (SSSR count). The number of amides is 1. The van der Waals surface area contributed by atoms with Gasteiger partial charge < -0.3 is 5.32 Å². The number of aryl methyl sites for hydroxylation is 1. The molecule has 3 aromatic carbocycles. The van der Waals surface area contributed by atoms with Gasteiger partial charge in [-0.05, 0) is 55.0 Å². The lowest BCUT2D eigenvalue weighted by Crippen LogP contribution is -2.23. The van der Waals surface area contributed by atoms with E-state index in [1.54, 1.807) is 24.3 Å². The Labute approximate surface area is 194 Å². The van der Waals surface area contributed by atoms with E-state index in [2.05, 4.69) is 10.3 Å². The van der Waals surface area contributed by atoms with Gasteiger partial charge >= 0.3 is 0 Å². The van der Waals surface area contributed by atoms with Crippen LogP contribution in [-0.2, 0) is 14.8 Å². The fourth-order valence-electron chi connectivity index (χ4n) is 3.29. The zero-order valence-corrected chi connectivity index (χ0v) is 19.2. The Morgan fingerprint density at radius 1 is 1.03 bits per heavy atom. The smallest absolute Gasteiger partial charge is 0.266 e.